The Labute approximate surface area is 155 Å². The number of nitrogens with zero attached hydrogens (tertiary/aromatic N) is 1. The first-order valence-corrected chi connectivity index (χ1v) is 8.44. The van der Waals surface area contributed by atoms with Gasteiger partial charge >= 0.3 is 6.03 Å². The van der Waals surface area contributed by atoms with Crippen molar-refractivity contribution in [3.63, 3.8) is 0 Å². The highest BCUT2D eigenvalue weighted by atomic mass is 35.5. The van der Waals surface area contributed by atoms with Crippen LogP contribution in [-0.2, 0) is 10.3 Å². The van der Waals surface area contributed by atoms with E-state index in [-0.39, 0.29) is 19.1 Å². The van der Waals surface area contributed by atoms with Crippen molar-refractivity contribution in [2.75, 3.05) is 13.2 Å². The normalized spacial score (nSPS) is 19.9. The minimum atomic E-state index is -1.14. The Balaban J connectivity index is 1.69. The van der Waals surface area contributed by atoms with Crippen LogP contribution in [0.1, 0.15) is 12.5 Å². The quantitative estimate of drug-likeness (QED) is 0.804. The summed E-state index contributed by atoms with van der Waals surface area (Å²) in [4.78, 5) is 26.2. The standard InChI is InChI=1S/C18H16Cl2N2O3/c1-18(12-4-2-5-13(19)10-12)16(23)22(17(24)21-18)8-9-25-15-7-3-6-14(20)11-15/h2-7,10-11H,8-9H2,1H3,(H,21,24). The second kappa shape index (κ2) is 6.94. The van der Waals surface area contributed by atoms with Crippen LogP contribution >= 0.6 is 23.2 Å². The average Bonchev–Trinajstić information content (AvgIpc) is 2.79. The number of ether oxygens (including phenoxy) is 1. The van der Waals surface area contributed by atoms with Crippen molar-refractivity contribution >= 4 is 35.1 Å². The van der Waals surface area contributed by atoms with Crippen molar-refractivity contribution in [1.82, 2.24) is 10.2 Å². The van der Waals surface area contributed by atoms with Gasteiger partial charge in [-0.15, -0.1) is 0 Å². The Bertz CT molecular complexity index is 827. The van der Waals surface area contributed by atoms with E-state index in [4.69, 9.17) is 27.9 Å². The summed E-state index contributed by atoms with van der Waals surface area (Å²) in [5.74, 6) is 0.242. The topological polar surface area (TPSA) is 58.6 Å². The fraction of sp³-hybridized carbons (Fsp3) is 0.222. The maximum absolute atomic E-state index is 12.8. The Morgan fingerprint density at radius 3 is 2.44 bits per heavy atom. The third-order valence-electron chi connectivity index (χ3n) is 4.06. The Morgan fingerprint density at radius 2 is 1.76 bits per heavy atom. The lowest BCUT2D eigenvalue weighted by Gasteiger charge is -2.22. The molecule has 3 amide bonds. The van der Waals surface area contributed by atoms with Gasteiger partial charge in [0.05, 0.1) is 6.54 Å². The fourth-order valence-electron chi connectivity index (χ4n) is 2.71. The minimum Gasteiger partial charge on any atom is -0.492 e. The summed E-state index contributed by atoms with van der Waals surface area (Å²) in [6.07, 6.45) is 0. The van der Waals surface area contributed by atoms with Crippen molar-refractivity contribution < 1.29 is 14.3 Å². The van der Waals surface area contributed by atoms with E-state index in [2.05, 4.69) is 5.32 Å². The van der Waals surface area contributed by atoms with E-state index in [1.54, 1.807) is 55.5 Å². The number of carbonyl (C=O) groups is 2. The highest BCUT2D eigenvalue weighted by molar-refractivity contribution is 6.31. The fourth-order valence-corrected chi connectivity index (χ4v) is 3.08. The van der Waals surface area contributed by atoms with Gasteiger partial charge in [0.2, 0.25) is 0 Å². The van der Waals surface area contributed by atoms with Gasteiger partial charge in [0.25, 0.3) is 5.91 Å². The summed E-state index contributed by atoms with van der Waals surface area (Å²) >= 11 is 11.9. The molecule has 0 aliphatic carbocycles. The molecule has 25 heavy (non-hydrogen) atoms. The molecular weight excluding hydrogens is 363 g/mol. The molecule has 1 N–H and O–H groups in total. The molecule has 0 saturated carbocycles. The molecule has 3 rings (SSSR count). The smallest absolute Gasteiger partial charge is 0.325 e. The van der Waals surface area contributed by atoms with E-state index in [9.17, 15) is 9.59 Å². The van der Waals surface area contributed by atoms with E-state index in [0.717, 1.165) is 4.90 Å². The predicted octanol–water partition coefficient (Wildman–Crippen LogP) is 3.84. The third kappa shape index (κ3) is 3.57. The Morgan fingerprint density at radius 1 is 1.08 bits per heavy atom. The van der Waals surface area contributed by atoms with Gasteiger partial charge in [-0.2, -0.15) is 0 Å². The molecule has 2 aromatic rings. The number of halogens is 2. The van der Waals surface area contributed by atoms with Crippen LogP contribution in [0, 0.1) is 0 Å². The molecule has 0 bridgehead atoms. The van der Waals surface area contributed by atoms with Gasteiger partial charge in [-0.05, 0) is 42.8 Å². The van der Waals surface area contributed by atoms with Gasteiger partial charge in [-0.3, -0.25) is 9.69 Å². The minimum absolute atomic E-state index is 0.132. The number of benzene rings is 2. The van der Waals surface area contributed by atoms with Crippen LogP contribution < -0.4 is 10.1 Å². The first kappa shape index (κ1) is 17.6. The zero-order valence-corrected chi connectivity index (χ0v) is 15.0. The second-order valence-electron chi connectivity index (χ2n) is 5.83. The molecule has 2 aromatic carbocycles. The summed E-state index contributed by atoms with van der Waals surface area (Å²) in [5.41, 5.74) is -0.505. The maximum Gasteiger partial charge on any atom is 0.325 e. The lowest BCUT2D eigenvalue weighted by Crippen LogP contribution is -2.41. The highest BCUT2D eigenvalue weighted by Crippen LogP contribution is 2.30. The SMILES string of the molecule is CC1(c2cccc(Cl)c2)NC(=O)N(CCOc2cccc(Cl)c2)C1=O. The number of hydrogen-bond acceptors (Lipinski definition) is 3. The summed E-state index contributed by atoms with van der Waals surface area (Å²) in [6, 6.07) is 13.4. The largest absolute Gasteiger partial charge is 0.492 e. The highest BCUT2D eigenvalue weighted by Gasteiger charge is 2.48. The van der Waals surface area contributed by atoms with Gasteiger partial charge in [0.15, 0.2) is 0 Å². The monoisotopic (exact) mass is 378 g/mol. The summed E-state index contributed by atoms with van der Waals surface area (Å²) in [5, 5.41) is 3.79. The zero-order chi connectivity index (χ0) is 18.0. The maximum atomic E-state index is 12.8. The summed E-state index contributed by atoms with van der Waals surface area (Å²) in [7, 11) is 0. The summed E-state index contributed by atoms with van der Waals surface area (Å²) in [6.45, 7) is 1.97. The molecule has 1 aliphatic heterocycles. The lowest BCUT2D eigenvalue weighted by atomic mass is 9.92. The van der Waals surface area contributed by atoms with Crippen molar-refractivity contribution in [1.29, 1.82) is 0 Å². The number of urea groups is 1. The number of carbonyl (C=O) groups excluding carboxylic acids is 2. The van der Waals surface area contributed by atoms with Gasteiger partial charge in [0, 0.05) is 10.0 Å². The van der Waals surface area contributed by atoms with E-state index >= 15 is 0 Å². The third-order valence-corrected chi connectivity index (χ3v) is 4.53. The van der Waals surface area contributed by atoms with Crippen molar-refractivity contribution in [3.05, 3.63) is 64.1 Å². The molecule has 7 heteroatoms. The molecule has 5 nitrogen and oxygen atoms in total. The van der Waals surface area contributed by atoms with Gasteiger partial charge in [-0.1, -0.05) is 41.4 Å². The van der Waals surface area contributed by atoms with E-state index < -0.39 is 11.6 Å². The van der Waals surface area contributed by atoms with Gasteiger partial charge in [0.1, 0.15) is 17.9 Å². The molecule has 1 atom stereocenters. The van der Waals surface area contributed by atoms with Crippen LogP contribution in [0.3, 0.4) is 0 Å². The molecular formula is C18H16Cl2N2O3. The van der Waals surface area contributed by atoms with E-state index in [0.29, 0.717) is 21.4 Å². The Kier molecular flexibility index (Phi) is 4.88. The number of amides is 3. The van der Waals surface area contributed by atoms with Crippen molar-refractivity contribution in [2.45, 2.75) is 12.5 Å². The molecule has 130 valence electrons. The molecule has 1 fully saturated rings. The average molecular weight is 379 g/mol. The summed E-state index contributed by atoms with van der Waals surface area (Å²) < 4.78 is 5.56. The second-order valence-corrected chi connectivity index (χ2v) is 6.70. The molecule has 0 spiro atoms. The number of nitrogens with one attached hydrogen (secondary N) is 1. The van der Waals surface area contributed by atoms with E-state index in [1.807, 2.05) is 0 Å². The molecule has 1 aliphatic rings. The molecule has 0 radical (unpaired) electrons. The lowest BCUT2D eigenvalue weighted by molar-refractivity contribution is -0.131. The number of imide groups is 1. The zero-order valence-electron chi connectivity index (χ0n) is 13.5. The van der Waals surface area contributed by atoms with Crippen LogP contribution in [0.5, 0.6) is 5.75 Å². The van der Waals surface area contributed by atoms with Crippen molar-refractivity contribution in [3.8, 4) is 5.75 Å². The first-order valence-electron chi connectivity index (χ1n) is 7.69. The molecule has 1 heterocycles. The van der Waals surface area contributed by atoms with Gasteiger partial charge < -0.3 is 10.1 Å². The van der Waals surface area contributed by atoms with Crippen LogP contribution in [0.4, 0.5) is 4.79 Å². The van der Waals surface area contributed by atoms with Gasteiger partial charge in [-0.25, -0.2) is 4.79 Å². The van der Waals surface area contributed by atoms with E-state index in [1.165, 1.54) is 0 Å². The molecule has 1 unspecified atom stereocenters. The van der Waals surface area contributed by atoms with Crippen LogP contribution in [0.15, 0.2) is 48.5 Å². The molecule has 1 saturated heterocycles. The van der Waals surface area contributed by atoms with Crippen LogP contribution in [-0.4, -0.2) is 30.0 Å². The van der Waals surface area contributed by atoms with Crippen LogP contribution in [0.25, 0.3) is 0 Å². The predicted molar refractivity (Wildman–Crippen MR) is 96.0 cm³/mol. The Hall–Kier alpha value is -2.24. The first-order chi connectivity index (χ1) is 11.9. The van der Waals surface area contributed by atoms with Crippen molar-refractivity contribution in [2.24, 2.45) is 0 Å². The number of rotatable bonds is 5. The number of hydrogen-bond donors (Lipinski definition) is 1. The van der Waals surface area contributed by atoms with Crippen LogP contribution in [0.2, 0.25) is 10.0 Å². The molecule has 0 aromatic heterocycles.